The number of aromatic nitrogens is 3. The Balaban J connectivity index is 1.50. The molecule has 3 aromatic rings. The number of carbonyl (C=O) groups is 2. The van der Waals surface area contributed by atoms with Gasteiger partial charge >= 0.3 is 0 Å². The number of nitrogens with one attached hydrogen (secondary N) is 1. The molecule has 10 heteroatoms. The lowest BCUT2D eigenvalue weighted by atomic mass is 9.94. The lowest BCUT2D eigenvalue weighted by Crippen LogP contribution is -2.37. The van der Waals surface area contributed by atoms with E-state index in [1.165, 1.54) is 28.2 Å². The molecule has 0 aromatic carbocycles. The van der Waals surface area contributed by atoms with E-state index in [1.54, 1.807) is 23.5 Å². The van der Waals surface area contributed by atoms with Gasteiger partial charge in [-0.3, -0.25) is 19.6 Å². The number of hydrogen-bond acceptors (Lipinski definition) is 8. The minimum absolute atomic E-state index is 0.0483. The van der Waals surface area contributed by atoms with Gasteiger partial charge in [-0.1, -0.05) is 11.8 Å². The molecule has 0 aliphatic carbocycles. The van der Waals surface area contributed by atoms with Crippen molar-refractivity contribution in [2.45, 2.75) is 30.8 Å². The number of thioether (sulfide) groups is 1. The van der Waals surface area contributed by atoms with Gasteiger partial charge in [0.15, 0.2) is 0 Å². The molecule has 0 bridgehead atoms. The average Bonchev–Trinajstić information content (AvgIpc) is 3.44. The molecule has 150 valence electrons. The molecule has 0 fully saturated rings. The Morgan fingerprint density at radius 1 is 1.31 bits per heavy atom. The van der Waals surface area contributed by atoms with Crippen LogP contribution in [0.2, 0.25) is 0 Å². The maximum atomic E-state index is 12.8. The second kappa shape index (κ2) is 8.60. The van der Waals surface area contributed by atoms with Crippen molar-refractivity contribution in [2.75, 3.05) is 12.8 Å². The summed E-state index contributed by atoms with van der Waals surface area (Å²) in [6.45, 7) is 3.49. The monoisotopic (exact) mass is 445 g/mol. The number of pyridine rings is 1. The van der Waals surface area contributed by atoms with E-state index in [9.17, 15) is 9.59 Å². The molecule has 0 unspecified atom stereocenters. The summed E-state index contributed by atoms with van der Waals surface area (Å²) >= 11 is 4.34. The fourth-order valence-corrected chi connectivity index (χ4v) is 5.10. The van der Waals surface area contributed by atoms with Crippen molar-refractivity contribution in [1.29, 1.82) is 0 Å². The van der Waals surface area contributed by atoms with Crippen LogP contribution < -0.4 is 5.32 Å². The van der Waals surface area contributed by atoms with Gasteiger partial charge in [-0.2, -0.15) is 0 Å². The maximum Gasteiger partial charge on any atom is 0.273 e. The first-order valence-electron chi connectivity index (χ1n) is 8.98. The van der Waals surface area contributed by atoms with Crippen molar-refractivity contribution in [3.63, 3.8) is 0 Å². The van der Waals surface area contributed by atoms with Crippen LogP contribution in [0.5, 0.6) is 0 Å². The highest BCUT2D eigenvalue weighted by atomic mass is 32.2. The van der Waals surface area contributed by atoms with Crippen LogP contribution >= 0.6 is 34.4 Å². The summed E-state index contributed by atoms with van der Waals surface area (Å²) in [6.07, 6.45) is 6.09. The van der Waals surface area contributed by atoms with Crippen molar-refractivity contribution >= 4 is 46.2 Å². The first kappa shape index (κ1) is 20.0. The van der Waals surface area contributed by atoms with Crippen molar-refractivity contribution in [3.8, 4) is 0 Å². The lowest BCUT2D eigenvalue weighted by Gasteiger charge is -2.30. The molecule has 0 atom stereocenters. The first-order valence-corrected chi connectivity index (χ1v) is 12.0. The maximum absolute atomic E-state index is 12.8. The molecule has 0 radical (unpaired) electrons. The molecule has 4 rings (SSSR count). The Morgan fingerprint density at radius 2 is 2.17 bits per heavy atom. The van der Waals surface area contributed by atoms with Gasteiger partial charge in [-0.05, 0) is 36.3 Å². The lowest BCUT2D eigenvalue weighted by molar-refractivity contribution is 0.0728. The van der Waals surface area contributed by atoms with Gasteiger partial charge in [0.1, 0.15) is 14.9 Å². The zero-order valence-corrected chi connectivity index (χ0v) is 18.4. The molecular formula is C19H19N5O2S3. The fourth-order valence-electron chi connectivity index (χ4n) is 3.32. The van der Waals surface area contributed by atoms with Crippen LogP contribution in [-0.4, -0.2) is 44.5 Å². The molecule has 0 spiro atoms. The van der Waals surface area contributed by atoms with Gasteiger partial charge in [0, 0.05) is 36.9 Å². The van der Waals surface area contributed by atoms with Gasteiger partial charge in [0.2, 0.25) is 0 Å². The van der Waals surface area contributed by atoms with E-state index >= 15 is 0 Å². The van der Waals surface area contributed by atoms with E-state index in [2.05, 4.69) is 20.3 Å². The first-order chi connectivity index (χ1) is 14.1. The number of fused-ring (bicyclic) bond motifs is 1. The van der Waals surface area contributed by atoms with Crippen molar-refractivity contribution in [1.82, 2.24) is 25.2 Å². The number of thiazole rings is 2. The van der Waals surface area contributed by atoms with Gasteiger partial charge in [-0.15, -0.1) is 22.7 Å². The Hall–Kier alpha value is -2.30. The van der Waals surface area contributed by atoms with Crippen molar-refractivity contribution in [2.24, 2.45) is 0 Å². The zero-order chi connectivity index (χ0) is 20.4. The quantitative estimate of drug-likeness (QED) is 0.607. The van der Waals surface area contributed by atoms with E-state index in [4.69, 9.17) is 0 Å². The van der Waals surface area contributed by atoms with Gasteiger partial charge in [-0.25, -0.2) is 4.98 Å². The summed E-state index contributed by atoms with van der Waals surface area (Å²) in [7, 11) is 0. The zero-order valence-electron chi connectivity index (χ0n) is 16.0. The third kappa shape index (κ3) is 4.19. The number of aryl methyl sites for hydroxylation is 1. The van der Waals surface area contributed by atoms with Crippen LogP contribution in [0.15, 0.2) is 27.6 Å². The van der Waals surface area contributed by atoms with Crippen LogP contribution in [0.3, 0.4) is 0 Å². The molecule has 1 aliphatic rings. The van der Waals surface area contributed by atoms with Gasteiger partial charge < -0.3 is 10.2 Å². The number of amides is 2. The predicted molar refractivity (Wildman–Crippen MR) is 115 cm³/mol. The summed E-state index contributed by atoms with van der Waals surface area (Å²) < 4.78 is 0.891. The molecule has 0 saturated carbocycles. The van der Waals surface area contributed by atoms with Crippen LogP contribution in [0.1, 0.15) is 42.5 Å². The smallest absolute Gasteiger partial charge is 0.273 e. The average molecular weight is 446 g/mol. The van der Waals surface area contributed by atoms with E-state index in [0.29, 0.717) is 30.2 Å². The van der Waals surface area contributed by atoms with Gasteiger partial charge in [0.25, 0.3) is 11.8 Å². The third-order valence-corrected chi connectivity index (χ3v) is 7.48. The van der Waals surface area contributed by atoms with Crippen molar-refractivity contribution < 1.29 is 9.59 Å². The number of rotatable bonds is 5. The second-order valence-corrected chi connectivity index (χ2v) is 9.35. The SMILES string of the molecule is CSc1nc(C(=O)N2CCc3c(cnc(C)c3CNC(=O)c3cncs3)C2)cs1. The topological polar surface area (TPSA) is 88.1 Å². The predicted octanol–water partition coefficient (Wildman–Crippen LogP) is 3.15. The highest BCUT2D eigenvalue weighted by molar-refractivity contribution is 8.00. The van der Waals surface area contributed by atoms with Crippen LogP contribution in [0, 0.1) is 6.92 Å². The highest BCUT2D eigenvalue weighted by Gasteiger charge is 2.26. The largest absolute Gasteiger partial charge is 0.347 e. The Bertz CT molecular complexity index is 1050. The Kier molecular flexibility index (Phi) is 5.93. The standard InChI is InChI=1S/C19H19N5O2S3/c1-11-14(6-22-17(25)16-7-20-10-29-16)13-3-4-24(8-12(13)5-21-11)18(26)15-9-28-19(23-15)27-2/h5,7,9-10H,3-4,6,8H2,1-2H3,(H,22,25). The Morgan fingerprint density at radius 3 is 2.90 bits per heavy atom. The van der Waals surface area contributed by atoms with E-state index in [0.717, 1.165) is 27.6 Å². The molecule has 4 heterocycles. The second-order valence-electron chi connectivity index (χ2n) is 6.55. The molecule has 3 aromatic heterocycles. The molecular weight excluding hydrogens is 426 g/mol. The number of hydrogen-bond donors (Lipinski definition) is 1. The van der Waals surface area contributed by atoms with Crippen LogP contribution in [0.25, 0.3) is 0 Å². The van der Waals surface area contributed by atoms with Crippen LogP contribution in [0.4, 0.5) is 0 Å². The molecule has 1 N–H and O–H groups in total. The molecule has 7 nitrogen and oxygen atoms in total. The minimum atomic E-state index is -0.134. The normalized spacial score (nSPS) is 13.2. The molecule has 29 heavy (non-hydrogen) atoms. The van der Waals surface area contributed by atoms with Crippen LogP contribution in [-0.2, 0) is 19.5 Å². The van der Waals surface area contributed by atoms with E-state index in [1.807, 2.05) is 29.7 Å². The summed E-state index contributed by atoms with van der Waals surface area (Å²) in [5.74, 6) is -0.182. The highest BCUT2D eigenvalue weighted by Crippen LogP contribution is 2.26. The minimum Gasteiger partial charge on any atom is -0.347 e. The Labute approximate surface area is 180 Å². The fraction of sp³-hybridized carbons (Fsp3) is 0.316. The molecule has 1 aliphatic heterocycles. The third-order valence-electron chi connectivity index (χ3n) is 4.84. The summed E-state index contributed by atoms with van der Waals surface area (Å²) in [6, 6.07) is 0. The summed E-state index contributed by atoms with van der Waals surface area (Å²) in [5, 5.41) is 4.78. The van der Waals surface area contributed by atoms with Gasteiger partial charge in [0.05, 0.1) is 11.7 Å². The van der Waals surface area contributed by atoms with E-state index < -0.39 is 0 Å². The summed E-state index contributed by atoms with van der Waals surface area (Å²) in [5.41, 5.74) is 6.28. The molecule has 2 amide bonds. The van der Waals surface area contributed by atoms with Crippen molar-refractivity contribution in [3.05, 3.63) is 56.2 Å². The number of nitrogens with zero attached hydrogens (tertiary/aromatic N) is 4. The van der Waals surface area contributed by atoms with E-state index in [-0.39, 0.29) is 11.8 Å². The number of carbonyl (C=O) groups excluding carboxylic acids is 2. The molecule has 0 saturated heterocycles. The summed E-state index contributed by atoms with van der Waals surface area (Å²) in [4.78, 5) is 40.3.